The lowest BCUT2D eigenvalue weighted by Gasteiger charge is -2.29. The number of nitrogens with zero attached hydrogens (tertiary/aromatic N) is 1. The van der Waals surface area contributed by atoms with Crippen LogP contribution in [-0.4, -0.2) is 61.1 Å². The number of fused-ring (bicyclic) bond motifs is 1. The van der Waals surface area contributed by atoms with Crippen LogP contribution in [0.1, 0.15) is 39.0 Å². The van der Waals surface area contributed by atoms with Gasteiger partial charge in [0, 0.05) is 19.1 Å². The number of hydrogen-bond donors (Lipinski definition) is 2. The molecule has 0 spiro atoms. The highest BCUT2D eigenvalue weighted by Gasteiger charge is 2.38. The van der Waals surface area contributed by atoms with Crippen LogP contribution in [-0.2, 0) is 14.3 Å². The quantitative estimate of drug-likeness (QED) is 0.789. The Balaban J connectivity index is 0.00000192. The van der Waals surface area contributed by atoms with Gasteiger partial charge in [0.05, 0.1) is 19.3 Å². The van der Waals surface area contributed by atoms with E-state index >= 15 is 0 Å². The number of nitrogens with one attached hydrogen (secondary N) is 2. The molecule has 3 aliphatic rings. The molecular weight excluding hydrogens is 318 g/mol. The van der Waals surface area contributed by atoms with E-state index in [0.29, 0.717) is 38.3 Å². The topological polar surface area (TPSA) is 70.7 Å². The van der Waals surface area contributed by atoms with Gasteiger partial charge in [-0.05, 0) is 32.1 Å². The minimum absolute atomic E-state index is 0. The molecule has 0 bridgehead atoms. The number of carbonyl (C=O) groups excluding carboxylic acids is 2. The predicted molar refractivity (Wildman–Crippen MR) is 89.5 cm³/mol. The standard InChI is InChI=1S/C16H27N3O3.ClH/c1-11(16(21)19-6-8-22-9-7-19)17-15(20)14-10-12-4-2-3-5-13(12)18-14;/h11-14,18H,2-10H2,1H3,(H,17,20);1H. The Morgan fingerprint density at radius 3 is 2.61 bits per heavy atom. The minimum atomic E-state index is -0.463. The Morgan fingerprint density at radius 1 is 1.22 bits per heavy atom. The second-order valence-electron chi connectivity index (χ2n) is 6.77. The number of halogens is 1. The molecule has 3 rings (SSSR count). The van der Waals surface area contributed by atoms with Gasteiger partial charge in [0.2, 0.25) is 11.8 Å². The molecule has 2 N–H and O–H groups in total. The summed E-state index contributed by atoms with van der Waals surface area (Å²) in [5, 5.41) is 6.35. The number of hydrogen-bond acceptors (Lipinski definition) is 4. The maximum atomic E-state index is 12.4. The van der Waals surface area contributed by atoms with Crippen LogP contribution in [0.4, 0.5) is 0 Å². The van der Waals surface area contributed by atoms with Crippen molar-refractivity contribution in [2.45, 2.75) is 57.2 Å². The zero-order chi connectivity index (χ0) is 15.5. The van der Waals surface area contributed by atoms with Gasteiger partial charge in [-0.25, -0.2) is 0 Å². The zero-order valence-electron chi connectivity index (χ0n) is 13.8. The highest BCUT2D eigenvalue weighted by atomic mass is 35.5. The van der Waals surface area contributed by atoms with Crippen LogP contribution < -0.4 is 10.6 Å². The largest absolute Gasteiger partial charge is 0.378 e. The van der Waals surface area contributed by atoms with E-state index in [2.05, 4.69) is 10.6 Å². The second kappa shape index (κ2) is 8.31. The summed E-state index contributed by atoms with van der Waals surface area (Å²) < 4.78 is 5.25. The van der Waals surface area contributed by atoms with E-state index in [-0.39, 0.29) is 30.3 Å². The van der Waals surface area contributed by atoms with Crippen LogP contribution in [0.5, 0.6) is 0 Å². The van der Waals surface area contributed by atoms with Gasteiger partial charge in [-0.1, -0.05) is 12.8 Å². The lowest BCUT2D eigenvalue weighted by Crippen LogP contribution is -2.53. The molecule has 7 heteroatoms. The van der Waals surface area contributed by atoms with Crippen molar-refractivity contribution < 1.29 is 14.3 Å². The molecule has 0 aromatic rings. The second-order valence-corrected chi connectivity index (χ2v) is 6.77. The Morgan fingerprint density at radius 2 is 1.91 bits per heavy atom. The fraction of sp³-hybridized carbons (Fsp3) is 0.875. The number of ether oxygens (including phenoxy) is 1. The van der Waals surface area contributed by atoms with E-state index in [1.165, 1.54) is 25.7 Å². The molecule has 2 aliphatic heterocycles. The van der Waals surface area contributed by atoms with Gasteiger partial charge in [0.25, 0.3) is 0 Å². The first-order valence-electron chi connectivity index (χ1n) is 8.58. The van der Waals surface area contributed by atoms with E-state index in [1.807, 2.05) is 0 Å². The molecule has 4 atom stereocenters. The third-order valence-electron chi connectivity index (χ3n) is 5.23. The third kappa shape index (κ3) is 4.37. The van der Waals surface area contributed by atoms with Crippen LogP contribution in [0.3, 0.4) is 0 Å². The molecule has 2 saturated heterocycles. The summed E-state index contributed by atoms with van der Waals surface area (Å²) in [7, 11) is 0. The van der Waals surface area contributed by atoms with E-state index in [1.54, 1.807) is 11.8 Å². The third-order valence-corrected chi connectivity index (χ3v) is 5.23. The van der Waals surface area contributed by atoms with Gasteiger partial charge in [-0.2, -0.15) is 0 Å². The van der Waals surface area contributed by atoms with Crippen molar-refractivity contribution in [1.29, 1.82) is 0 Å². The first-order chi connectivity index (χ1) is 10.6. The summed E-state index contributed by atoms with van der Waals surface area (Å²) in [6.45, 7) is 4.17. The van der Waals surface area contributed by atoms with Gasteiger partial charge in [0.15, 0.2) is 0 Å². The molecule has 4 unspecified atom stereocenters. The van der Waals surface area contributed by atoms with Gasteiger partial charge >= 0.3 is 0 Å². The fourth-order valence-corrected chi connectivity index (χ4v) is 3.95. The molecule has 3 fully saturated rings. The normalized spacial score (nSPS) is 31.7. The van der Waals surface area contributed by atoms with Gasteiger partial charge in [-0.3, -0.25) is 9.59 Å². The van der Waals surface area contributed by atoms with E-state index in [9.17, 15) is 9.59 Å². The summed E-state index contributed by atoms with van der Waals surface area (Å²) in [4.78, 5) is 26.5. The summed E-state index contributed by atoms with van der Waals surface area (Å²) in [6, 6.07) is -0.0992. The molecule has 0 aromatic heterocycles. The van der Waals surface area contributed by atoms with Crippen molar-refractivity contribution in [2.75, 3.05) is 26.3 Å². The van der Waals surface area contributed by atoms with Crippen LogP contribution >= 0.6 is 12.4 Å². The van der Waals surface area contributed by atoms with Crippen LogP contribution in [0.15, 0.2) is 0 Å². The molecule has 1 aliphatic carbocycles. The number of morpholine rings is 1. The van der Waals surface area contributed by atoms with Gasteiger partial charge in [0.1, 0.15) is 6.04 Å². The van der Waals surface area contributed by atoms with Crippen LogP contribution in [0, 0.1) is 5.92 Å². The molecule has 0 aromatic carbocycles. The maximum Gasteiger partial charge on any atom is 0.245 e. The summed E-state index contributed by atoms with van der Waals surface area (Å²) in [6.07, 6.45) is 5.85. The van der Waals surface area contributed by atoms with Crippen molar-refractivity contribution in [3.63, 3.8) is 0 Å². The van der Waals surface area contributed by atoms with Crippen molar-refractivity contribution in [3.05, 3.63) is 0 Å². The Hall–Kier alpha value is -0.850. The summed E-state index contributed by atoms with van der Waals surface area (Å²) in [5.74, 6) is 0.602. The van der Waals surface area contributed by atoms with Crippen LogP contribution in [0.2, 0.25) is 0 Å². The SMILES string of the molecule is CC(NC(=O)C1CC2CCCCC2N1)C(=O)N1CCOCC1.Cl. The monoisotopic (exact) mass is 345 g/mol. The number of amides is 2. The van der Waals surface area contributed by atoms with E-state index < -0.39 is 6.04 Å². The molecule has 1 saturated carbocycles. The highest BCUT2D eigenvalue weighted by Crippen LogP contribution is 2.33. The molecule has 132 valence electrons. The average molecular weight is 346 g/mol. The van der Waals surface area contributed by atoms with Gasteiger partial charge in [-0.15, -0.1) is 12.4 Å². The molecule has 6 nitrogen and oxygen atoms in total. The Kier molecular flexibility index (Phi) is 6.68. The van der Waals surface area contributed by atoms with E-state index in [0.717, 1.165) is 6.42 Å². The molecule has 23 heavy (non-hydrogen) atoms. The van der Waals surface area contributed by atoms with Crippen molar-refractivity contribution in [2.24, 2.45) is 5.92 Å². The first kappa shape index (κ1) is 18.5. The molecular formula is C16H28ClN3O3. The van der Waals surface area contributed by atoms with Gasteiger partial charge < -0.3 is 20.3 Å². The van der Waals surface area contributed by atoms with Crippen LogP contribution in [0.25, 0.3) is 0 Å². The molecule has 2 amide bonds. The predicted octanol–water partition coefficient (Wildman–Crippen LogP) is 0.692. The maximum absolute atomic E-state index is 12.4. The summed E-state index contributed by atoms with van der Waals surface area (Å²) in [5.41, 5.74) is 0. The number of rotatable bonds is 3. The Bertz CT molecular complexity index is 415. The Labute approximate surface area is 144 Å². The lowest BCUT2D eigenvalue weighted by molar-refractivity contribution is -0.139. The van der Waals surface area contributed by atoms with Crippen molar-refractivity contribution >= 4 is 24.2 Å². The smallest absolute Gasteiger partial charge is 0.245 e. The minimum Gasteiger partial charge on any atom is -0.378 e. The van der Waals surface area contributed by atoms with Crippen molar-refractivity contribution in [1.82, 2.24) is 15.5 Å². The average Bonchev–Trinajstić information content (AvgIpc) is 2.99. The molecule has 2 heterocycles. The zero-order valence-corrected chi connectivity index (χ0v) is 14.6. The number of carbonyl (C=O) groups is 2. The first-order valence-corrected chi connectivity index (χ1v) is 8.58. The molecule has 0 radical (unpaired) electrons. The summed E-state index contributed by atoms with van der Waals surface area (Å²) >= 11 is 0. The highest BCUT2D eigenvalue weighted by molar-refractivity contribution is 5.89. The van der Waals surface area contributed by atoms with E-state index in [4.69, 9.17) is 4.74 Å². The fourth-order valence-electron chi connectivity index (χ4n) is 3.95. The van der Waals surface area contributed by atoms with Crippen molar-refractivity contribution in [3.8, 4) is 0 Å². The lowest BCUT2D eigenvalue weighted by atomic mass is 9.85.